The smallest absolute Gasteiger partial charge is 0.285 e. The third-order valence-corrected chi connectivity index (χ3v) is 14.6. The van der Waals surface area contributed by atoms with E-state index in [-0.39, 0.29) is 31.1 Å². The van der Waals surface area contributed by atoms with E-state index in [2.05, 4.69) is 50.1 Å². The second-order valence-corrected chi connectivity index (χ2v) is 18.8. The van der Waals surface area contributed by atoms with Crippen LogP contribution in [0.5, 0.6) is 0 Å². The highest BCUT2D eigenvalue weighted by molar-refractivity contribution is 8.00. The Morgan fingerprint density at radius 2 is 1.18 bits per heavy atom. The number of benzene rings is 6. The third kappa shape index (κ3) is 7.98. The summed E-state index contributed by atoms with van der Waals surface area (Å²) in [7, 11) is 0. The Morgan fingerprint density at radius 1 is 0.636 bits per heavy atom. The Morgan fingerprint density at radius 3 is 1.80 bits per heavy atom. The Balaban J connectivity index is 0.999. The molecule has 1 atom stereocenters. The van der Waals surface area contributed by atoms with Crippen LogP contribution in [0.25, 0.3) is 17.1 Å². The SMILES string of the molecule is CCOC(C)n1c(/C=C/C=C/C=C2\N(CC)c3ccccc3N2CC(=O)N2c3ccccc3Sc3ccc(Cl)cc32)[n+](CC(=O)N2c3ccccc3Sc3ccc(Cl)cc32)c2ccccc21. The second kappa shape index (κ2) is 18.6. The minimum Gasteiger partial charge on any atom is -0.340 e. The standard InChI is InChI=1S/C53H45Cl2N6O3S2/c1-4-56-38-17-9-10-18-39(38)57(33-52(62)60-42-21-13-15-23-46(42)65-48-29-27-36(54)31-44(48)60)50(56)25-7-6-8-26-51-58(40-19-11-12-20-41(40)59(51)35(3)64-5-2)34-53(63)61-43-22-14-16-24-47(43)66-49-30-28-37(55)32-45(49)61/h6-32,35H,4-5,33-34H2,1-3H3/q+1. The van der Waals surface area contributed by atoms with Gasteiger partial charge in [0.05, 0.1) is 34.1 Å². The van der Waals surface area contributed by atoms with Crippen molar-refractivity contribution in [2.45, 2.75) is 53.1 Å². The number of nitrogens with zero attached hydrogens (tertiary/aromatic N) is 6. The topological polar surface area (TPSA) is 65.1 Å². The molecule has 10 rings (SSSR count). The number of carbonyl (C=O) groups excluding carboxylic acids is 2. The van der Waals surface area contributed by atoms with Gasteiger partial charge in [0.25, 0.3) is 17.6 Å². The number of imidazole rings is 1. The van der Waals surface area contributed by atoms with Crippen LogP contribution >= 0.6 is 46.7 Å². The van der Waals surface area contributed by atoms with Gasteiger partial charge in [-0.3, -0.25) is 19.4 Å². The maximum Gasteiger partial charge on any atom is 0.285 e. The van der Waals surface area contributed by atoms with Crippen molar-refractivity contribution in [3.8, 4) is 0 Å². The lowest BCUT2D eigenvalue weighted by molar-refractivity contribution is -0.661. The van der Waals surface area contributed by atoms with Gasteiger partial charge in [0.15, 0.2) is 23.8 Å². The van der Waals surface area contributed by atoms with E-state index >= 15 is 0 Å². The highest BCUT2D eigenvalue weighted by Crippen LogP contribution is 2.51. The Bertz CT molecular complexity index is 3150. The predicted octanol–water partition coefficient (Wildman–Crippen LogP) is 13.2. The monoisotopic (exact) mass is 947 g/mol. The van der Waals surface area contributed by atoms with Crippen LogP contribution in [0.4, 0.5) is 34.1 Å². The fourth-order valence-corrected chi connectivity index (χ4v) is 11.5. The van der Waals surface area contributed by atoms with Crippen molar-refractivity contribution in [1.29, 1.82) is 0 Å². The molecule has 1 unspecified atom stereocenters. The lowest BCUT2D eigenvalue weighted by atomic mass is 10.2. The number of fused-ring (bicyclic) bond motifs is 6. The zero-order valence-electron chi connectivity index (χ0n) is 36.5. The van der Waals surface area contributed by atoms with E-state index in [9.17, 15) is 9.59 Å². The summed E-state index contributed by atoms with van der Waals surface area (Å²) in [6.07, 6.45) is 9.71. The molecular weight excluding hydrogens is 904 g/mol. The van der Waals surface area contributed by atoms with Crippen molar-refractivity contribution >= 4 is 110 Å². The number of hydrogen-bond donors (Lipinski definition) is 0. The molecule has 7 aromatic rings. The predicted molar refractivity (Wildman–Crippen MR) is 270 cm³/mol. The van der Waals surface area contributed by atoms with Crippen LogP contribution in [0.2, 0.25) is 10.0 Å². The normalized spacial score (nSPS) is 15.1. The summed E-state index contributed by atoms with van der Waals surface area (Å²) in [6, 6.07) is 43.7. The summed E-state index contributed by atoms with van der Waals surface area (Å²) in [4.78, 5) is 41.4. The number of hydrogen-bond acceptors (Lipinski definition) is 7. The molecule has 2 amide bonds. The first-order valence-corrected chi connectivity index (χ1v) is 24.2. The summed E-state index contributed by atoms with van der Waals surface area (Å²) < 4.78 is 10.4. The van der Waals surface area contributed by atoms with E-state index in [0.717, 1.165) is 76.4 Å². The van der Waals surface area contributed by atoms with Crippen molar-refractivity contribution in [3.63, 3.8) is 0 Å². The van der Waals surface area contributed by atoms with Gasteiger partial charge in [0.1, 0.15) is 12.4 Å². The fraction of sp³-hybridized carbons (Fsp3) is 0.151. The summed E-state index contributed by atoms with van der Waals surface area (Å²) in [5, 5.41) is 1.13. The molecule has 0 saturated heterocycles. The van der Waals surface area contributed by atoms with Gasteiger partial charge in [-0.2, -0.15) is 4.57 Å². The maximum atomic E-state index is 14.8. The van der Waals surface area contributed by atoms with Crippen LogP contribution in [0, 0.1) is 0 Å². The van der Waals surface area contributed by atoms with Crippen LogP contribution in [-0.2, 0) is 20.9 Å². The van der Waals surface area contributed by atoms with Crippen LogP contribution in [0.15, 0.2) is 183 Å². The molecule has 330 valence electrons. The fourth-order valence-electron chi connectivity index (χ4n) is 9.05. The van der Waals surface area contributed by atoms with Crippen LogP contribution in [0.3, 0.4) is 0 Å². The number of anilines is 6. The molecule has 9 nitrogen and oxygen atoms in total. The quantitative estimate of drug-likeness (QED) is 0.0945. The van der Waals surface area contributed by atoms with E-state index in [1.165, 1.54) is 0 Å². The summed E-state index contributed by atoms with van der Waals surface area (Å²) in [5.74, 6) is 1.49. The molecule has 0 N–H and O–H groups in total. The molecule has 3 aliphatic heterocycles. The number of allylic oxidation sites excluding steroid dienone is 4. The molecule has 0 spiro atoms. The van der Waals surface area contributed by atoms with Gasteiger partial charge >= 0.3 is 0 Å². The largest absolute Gasteiger partial charge is 0.340 e. The molecular formula is C53H45Cl2N6O3S2+. The molecule has 0 radical (unpaired) electrons. The molecule has 0 saturated carbocycles. The molecule has 0 bridgehead atoms. The van der Waals surface area contributed by atoms with E-state index in [1.54, 1.807) is 33.3 Å². The van der Waals surface area contributed by atoms with Crippen LogP contribution < -0.4 is 24.2 Å². The molecule has 3 aliphatic rings. The number of halogens is 2. The maximum absolute atomic E-state index is 14.8. The number of amides is 2. The van der Waals surface area contributed by atoms with Crippen LogP contribution in [0.1, 0.15) is 32.8 Å². The number of ether oxygens (including phenoxy) is 1. The van der Waals surface area contributed by atoms with Crippen molar-refractivity contribution < 1.29 is 18.9 Å². The average Bonchev–Trinajstić information content (AvgIpc) is 3.80. The second-order valence-electron chi connectivity index (χ2n) is 15.8. The number of aromatic nitrogens is 2. The first kappa shape index (κ1) is 43.7. The summed E-state index contributed by atoms with van der Waals surface area (Å²) in [6.45, 7) is 7.47. The first-order chi connectivity index (χ1) is 32.2. The van der Waals surface area contributed by atoms with E-state index in [1.807, 2.05) is 153 Å². The molecule has 4 heterocycles. The minimum absolute atomic E-state index is 0.0499. The zero-order chi connectivity index (χ0) is 45.5. The van der Waals surface area contributed by atoms with E-state index in [0.29, 0.717) is 23.2 Å². The first-order valence-electron chi connectivity index (χ1n) is 21.9. The van der Waals surface area contributed by atoms with Gasteiger partial charge in [-0.05, 0) is 105 Å². The number of para-hydroxylation sites is 6. The molecule has 66 heavy (non-hydrogen) atoms. The lowest BCUT2D eigenvalue weighted by Gasteiger charge is -2.33. The van der Waals surface area contributed by atoms with Crippen molar-refractivity contribution in [2.24, 2.45) is 0 Å². The number of rotatable bonds is 11. The van der Waals surface area contributed by atoms with Crippen molar-refractivity contribution in [3.05, 3.63) is 179 Å². The average molecular weight is 949 g/mol. The van der Waals surface area contributed by atoms with Gasteiger partial charge < -0.3 is 14.5 Å². The van der Waals surface area contributed by atoms with Gasteiger partial charge in [-0.1, -0.05) is 113 Å². The third-order valence-electron chi connectivity index (χ3n) is 11.8. The molecule has 1 aromatic heterocycles. The van der Waals surface area contributed by atoms with E-state index in [4.69, 9.17) is 27.9 Å². The van der Waals surface area contributed by atoms with Crippen molar-refractivity contribution in [1.82, 2.24) is 4.57 Å². The van der Waals surface area contributed by atoms with Gasteiger partial charge in [-0.15, -0.1) is 0 Å². The minimum atomic E-state index is -0.330. The van der Waals surface area contributed by atoms with Crippen LogP contribution in [-0.4, -0.2) is 36.1 Å². The number of carbonyl (C=O) groups is 2. The van der Waals surface area contributed by atoms with E-state index < -0.39 is 0 Å². The molecule has 0 aliphatic carbocycles. The Kier molecular flexibility index (Phi) is 12.3. The summed E-state index contributed by atoms with van der Waals surface area (Å²) >= 11 is 16.4. The van der Waals surface area contributed by atoms with Gasteiger partial charge in [-0.25, -0.2) is 4.57 Å². The zero-order valence-corrected chi connectivity index (χ0v) is 39.6. The lowest BCUT2D eigenvalue weighted by Crippen LogP contribution is -2.45. The summed E-state index contributed by atoms with van der Waals surface area (Å²) in [5.41, 5.74) is 7.01. The molecule has 6 aromatic carbocycles. The van der Waals surface area contributed by atoms with Gasteiger partial charge in [0.2, 0.25) is 0 Å². The van der Waals surface area contributed by atoms with Crippen molar-refractivity contribution in [2.75, 3.05) is 39.3 Å². The Hall–Kier alpha value is -6.21. The Labute approximate surface area is 402 Å². The molecule has 0 fully saturated rings. The highest BCUT2D eigenvalue weighted by atomic mass is 35.5. The van der Waals surface area contributed by atoms with Gasteiger partial charge in [0, 0.05) is 55.8 Å². The highest BCUT2D eigenvalue weighted by Gasteiger charge is 2.36. The molecule has 13 heteroatoms.